The third-order valence-electron chi connectivity index (χ3n) is 13.4. The molecule has 67 heavy (non-hydrogen) atoms. The first-order valence-electron chi connectivity index (χ1n) is 27.1. The molecule has 0 spiro atoms. The molecule has 0 aromatic carbocycles. The van der Waals surface area contributed by atoms with E-state index in [1.54, 1.807) is 6.08 Å². The molecule has 2 fully saturated rings. The van der Waals surface area contributed by atoms with Gasteiger partial charge in [0.15, 0.2) is 12.6 Å². The standard InChI is InChI=1S/C53H99NO13/c1-3-5-7-9-11-13-15-17-19-20-21-22-23-25-27-29-31-33-35-37-45(58)54-41(42(57)36-34-32-30-28-26-24-18-16-14-12-10-8-6-4-2)40-64-52-50(63)48(61)51(44(39-56)66-52)67-53-49(62)47(60)46(59)43(38-55)65-53/h26,28,34,36,41-44,46-53,55-57,59-63H,3-25,27,29-33,35,37-40H2,1-2H3,(H,54,58)/b28-26+,36-34+. The van der Waals surface area contributed by atoms with Gasteiger partial charge in [-0.3, -0.25) is 4.79 Å². The monoisotopic (exact) mass is 958 g/mol. The second-order valence-corrected chi connectivity index (χ2v) is 19.4. The van der Waals surface area contributed by atoms with E-state index in [1.807, 2.05) is 6.08 Å². The lowest BCUT2D eigenvalue weighted by molar-refractivity contribution is -0.359. The van der Waals surface area contributed by atoms with Crippen molar-refractivity contribution in [2.75, 3.05) is 19.8 Å². The fourth-order valence-electron chi connectivity index (χ4n) is 8.95. The van der Waals surface area contributed by atoms with Gasteiger partial charge in [0.25, 0.3) is 0 Å². The number of hydrogen-bond acceptors (Lipinski definition) is 13. The SMILES string of the molecule is CCCCCCCCCC/C=C/CC/C=C/C(O)C(COC1OC(CO)C(OC2OC(CO)C(O)C(O)C2O)C(O)C1O)NC(=O)CCCCCCCCCCCCCCCCCCCCC. The quantitative estimate of drug-likeness (QED) is 0.0211. The van der Waals surface area contributed by atoms with E-state index in [-0.39, 0.29) is 18.9 Å². The van der Waals surface area contributed by atoms with E-state index in [1.165, 1.54) is 148 Å². The summed E-state index contributed by atoms with van der Waals surface area (Å²) in [4.78, 5) is 13.2. The Morgan fingerprint density at radius 3 is 1.46 bits per heavy atom. The van der Waals surface area contributed by atoms with Crippen LogP contribution in [0.2, 0.25) is 0 Å². The van der Waals surface area contributed by atoms with Gasteiger partial charge >= 0.3 is 0 Å². The number of rotatable bonds is 42. The zero-order valence-electron chi connectivity index (χ0n) is 41.9. The molecule has 0 aromatic rings. The third kappa shape index (κ3) is 27.0. The molecule has 9 N–H and O–H groups in total. The number of hydrogen-bond donors (Lipinski definition) is 9. The van der Waals surface area contributed by atoms with Crippen LogP contribution in [0.15, 0.2) is 24.3 Å². The highest BCUT2D eigenvalue weighted by atomic mass is 16.7. The Morgan fingerprint density at radius 2 is 0.955 bits per heavy atom. The summed E-state index contributed by atoms with van der Waals surface area (Å²) in [5.74, 6) is -0.247. The van der Waals surface area contributed by atoms with Gasteiger partial charge < -0.3 is 65.1 Å². The Bertz CT molecular complexity index is 1220. The number of aliphatic hydroxyl groups excluding tert-OH is 8. The van der Waals surface area contributed by atoms with Gasteiger partial charge in [0.1, 0.15) is 48.8 Å². The maximum atomic E-state index is 13.2. The van der Waals surface area contributed by atoms with Gasteiger partial charge in [-0.15, -0.1) is 0 Å². The molecule has 14 nitrogen and oxygen atoms in total. The first-order valence-corrected chi connectivity index (χ1v) is 27.1. The van der Waals surface area contributed by atoms with Crippen molar-refractivity contribution in [3.05, 3.63) is 24.3 Å². The van der Waals surface area contributed by atoms with E-state index in [2.05, 4.69) is 31.3 Å². The van der Waals surface area contributed by atoms with E-state index >= 15 is 0 Å². The Kier molecular flexibility index (Phi) is 36.9. The molecule has 2 aliphatic rings. The lowest BCUT2D eigenvalue weighted by Gasteiger charge is -2.46. The van der Waals surface area contributed by atoms with Crippen molar-refractivity contribution in [3.8, 4) is 0 Å². The molecule has 2 aliphatic heterocycles. The summed E-state index contributed by atoms with van der Waals surface area (Å²) in [6, 6.07) is -0.926. The molecular weight excluding hydrogens is 859 g/mol. The molecule has 0 saturated carbocycles. The van der Waals surface area contributed by atoms with Crippen LogP contribution in [0.4, 0.5) is 0 Å². The number of allylic oxidation sites excluding steroid dienone is 3. The van der Waals surface area contributed by atoms with E-state index in [4.69, 9.17) is 18.9 Å². The van der Waals surface area contributed by atoms with Crippen molar-refractivity contribution in [1.29, 1.82) is 0 Å². The van der Waals surface area contributed by atoms with Crippen molar-refractivity contribution < 1.29 is 64.6 Å². The van der Waals surface area contributed by atoms with Crippen LogP contribution in [0.1, 0.15) is 213 Å². The van der Waals surface area contributed by atoms with E-state index in [9.17, 15) is 45.6 Å². The highest BCUT2D eigenvalue weighted by Crippen LogP contribution is 2.30. The van der Waals surface area contributed by atoms with Gasteiger partial charge in [0.2, 0.25) is 5.91 Å². The van der Waals surface area contributed by atoms with Crippen molar-refractivity contribution in [2.45, 2.75) is 286 Å². The Morgan fingerprint density at radius 1 is 0.522 bits per heavy atom. The second-order valence-electron chi connectivity index (χ2n) is 19.4. The summed E-state index contributed by atoms with van der Waals surface area (Å²) < 4.78 is 22.7. The molecule has 0 aliphatic carbocycles. The van der Waals surface area contributed by atoms with E-state index in [0.29, 0.717) is 12.8 Å². The van der Waals surface area contributed by atoms with Gasteiger partial charge in [0.05, 0.1) is 32.0 Å². The van der Waals surface area contributed by atoms with E-state index < -0.39 is 86.8 Å². The minimum absolute atomic E-state index is 0.247. The average Bonchev–Trinajstić information content (AvgIpc) is 3.32. The lowest BCUT2D eigenvalue weighted by atomic mass is 9.97. The van der Waals surface area contributed by atoms with Crippen molar-refractivity contribution in [3.63, 3.8) is 0 Å². The summed E-state index contributed by atoms with van der Waals surface area (Å²) in [6.45, 7) is 2.77. The number of unbranched alkanes of at least 4 members (excludes halogenated alkanes) is 27. The molecule has 2 saturated heterocycles. The first-order chi connectivity index (χ1) is 32.6. The van der Waals surface area contributed by atoms with Gasteiger partial charge in [-0.1, -0.05) is 199 Å². The van der Waals surface area contributed by atoms with Crippen LogP contribution >= 0.6 is 0 Å². The van der Waals surface area contributed by atoms with Gasteiger partial charge in [-0.2, -0.15) is 0 Å². The molecule has 0 bridgehead atoms. The van der Waals surface area contributed by atoms with Crippen LogP contribution in [0.3, 0.4) is 0 Å². The van der Waals surface area contributed by atoms with Gasteiger partial charge in [-0.25, -0.2) is 0 Å². The van der Waals surface area contributed by atoms with Crippen molar-refractivity contribution in [2.24, 2.45) is 0 Å². The molecule has 12 atom stereocenters. The summed E-state index contributed by atoms with van der Waals surface area (Å²) in [7, 11) is 0. The maximum absolute atomic E-state index is 13.2. The fourth-order valence-corrected chi connectivity index (χ4v) is 8.95. The normalized spacial score (nSPS) is 26.7. The summed E-state index contributed by atoms with van der Waals surface area (Å²) in [6.07, 6.45) is 27.9. The Balaban J connectivity index is 1.82. The molecule has 12 unspecified atom stereocenters. The van der Waals surface area contributed by atoms with Crippen molar-refractivity contribution >= 4 is 5.91 Å². The predicted molar refractivity (Wildman–Crippen MR) is 263 cm³/mol. The second kappa shape index (κ2) is 40.1. The molecule has 14 heteroatoms. The summed E-state index contributed by atoms with van der Waals surface area (Å²) in [5.41, 5.74) is 0. The zero-order valence-corrected chi connectivity index (χ0v) is 41.9. The minimum Gasteiger partial charge on any atom is -0.394 e. The van der Waals surface area contributed by atoms with E-state index in [0.717, 1.165) is 32.1 Å². The molecule has 0 aromatic heterocycles. The highest BCUT2D eigenvalue weighted by Gasteiger charge is 2.51. The number of aliphatic hydroxyl groups is 8. The average molecular weight is 958 g/mol. The third-order valence-corrected chi connectivity index (χ3v) is 13.4. The number of carbonyl (C=O) groups is 1. The zero-order chi connectivity index (χ0) is 48.9. The summed E-state index contributed by atoms with van der Waals surface area (Å²) in [5, 5.41) is 86.8. The van der Waals surface area contributed by atoms with Crippen LogP contribution in [-0.4, -0.2) is 140 Å². The van der Waals surface area contributed by atoms with Crippen LogP contribution in [0.25, 0.3) is 0 Å². The molecule has 2 heterocycles. The smallest absolute Gasteiger partial charge is 0.220 e. The summed E-state index contributed by atoms with van der Waals surface area (Å²) >= 11 is 0. The Hall–Kier alpha value is -1.53. The van der Waals surface area contributed by atoms with Crippen LogP contribution in [0.5, 0.6) is 0 Å². The molecule has 0 radical (unpaired) electrons. The topological polar surface area (TPSA) is 228 Å². The van der Waals surface area contributed by atoms with Gasteiger partial charge in [0, 0.05) is 6.42 Å². The number of nitrogens with one attached hydrogen (secondary N) is 1. The lowest BCUT2D eigenvalue weighted by Crippen LogP contribution is -2.65. The molecular formula is C53H99NO13. The predicted octanol–water partition coefficient (Wildman–Crippen LogP) is 7.72. The molecule has 1 amide bonds. The van der Waals surface area contributed by atoms with Crippen LogP contribution in [-0.2, 0) is 23.7 Å². The first kappa shape index (κ1) is 61.6. The van der Waals surface area contributed by atoms with Crippen LogP contribution < -0.4 is 5.32 Å². The minimum atomic E-state index is -1.79. The molecule has 2 rings (SSSR count). The molecule has 394 valence electrons. The number of amides is 1. The van der Waals surface area contributed by atoms with Gasteiger partial charge in [-0.05, 0) is 32.1 Å². The van der Waals surface area contributed by atoms with Crippen LogP contribution in [0, 0.1) is 0 Å². The van der Waals surface area contributed by atoms with Crippen molar-refractivity contribution in [1.82, 2.24) is 5.32 Å². The fraction of sp³-hybridized carbons (Fsp3) is 0.906. The maximum Gasteiger partial charge on any atom is 0.220 e. The number of carbonyl (C=O) groups excluding carboxylic acids is 1. The highest BCUT2D eigenvalue weighted by molar-refractivity contribution is 5.76. The number of ether oxygens (including phenoxy) is 4. The Labute approximate surface area is 405 Å². The largest absolute Gasteiger partial charge is 0.394 e.